The van der Waals surface area contributed by atoms with Gasteiger partial charge >= 0.3 is 10.2 Å². The Morgan fingerprint density at radius 2 is 1.86 bits per heavy atom. The Bertz CT molecular complexity index is 1280. The summed E-state index contributed by atoms with van der Waals surface area (Å²) in [5.41, 5.74) is -0.00773. The van der Waals surface area contributed by atoms with Crippen LogP contribution in [-0.4, -0.2) is 31.7 Å². The number of anilines is 1. The molecule has 1 amide bonds. The van der Waals surface area contributed by atoms with Crippen molar-refractivity contribution in [2.24, 2.45) is 5.92 Å². The van der Waals surface area contributed by atoms with E-state index in [2.05, 4.69) is 44.9 Å². The Hall–Kier alpha value is -2.16. The molecule has 6 nitrogen and oxygen atoms in total. The number of nitrogens with zero attached hydrogens (tertiary/aromatic N) is 3. The van der Waals surface area contributed by atoms with E-state index in [0.717, 1.165) is 31.7 Å². The highest BCUT2D eigenvalue weighted by atomic mass is 127. The fraction of sp³-hybridized carbons (Fsp3) is 0.409. The Labute approximate surface area is 212 Å². The molecule has 1 atom stereocenters. The minimum Gasteiger partial charge on any atom is -0.494 e. The van der Waals surface area contributed by atoms with E-state index in [-0.39, 0.29) is 23.5 Å². The van der Waals surface area contributed by atoms with Gasteiger partial charge in [-0.1, -0.05) is 55.0 Å². The molecule has 2 aromatic heterocycles. The van der Waals surface area contributed by atoms with Crippen LogP contribution in [0.25, 0.3) is 10.9 Å². The summed E-state index contributed by atoms with van der Waals surface area (Å²) >= 11 is 2.46. The van der Waals surface area contributed by atoms with Gasteiger partial charge in [-0.15, -0.1) is 0 Å². The molecule has 1 aromatic carbocycles. The molecule has 1 saturated carbocycles. The number of hydrogen-bond donors (Lipinski definition) is 1. The van der Waals surface area contributed by atoms with Crippen LogP contribution >= 0.6 is 32.8 Å². The number of hydrogen-bond acceptors (Lipinski definition) is 4. The first kappa shape index (κ1) is 25.9. The fourth-order valence-electron chi connectivity index (χ4n) is 4.29. The van der Waals surface area contributed by atoms with E-state index < -0.39 is 26.9 Å². The number of halogens is 6. The van der Waals surface area contributed by atoms with Gasteiger partial charge in [-0.2, -0.15) is 5.10 Å². The second kappa shape index (κ2) is 8.46. The van der Waals surface area contributed by atoms with Gasteiger partial charge in [0.05, 0.1) is 24.4 Å². The monoisotopic (exact) mass is 630 g/mol. The molecule has 35 heavy (non-hydrogen) atoms. The van der Waals surface area contributed by atoms with Gasteiger partial charge < -0.3 is 10.1 Å². The molecule has 0 spiro atoms. The van der Waals surface area contributed by atoms with E-state index in [4.69, 9.17) is 4.74 Å². The molecule has 192 valence electrons. The lowest BCUT2D eigenvalue weighted by molar-refractivity contribution is 0.102. The van der Waals surface area contributed by atoms with Crippen LogP contribution < -0.4 is 10.1 Å². The van der Waals surface area contributed by atoms with Gasteiger partial charge in [-0.25, -0.2) is 4.98 Å². The van der Waals surface area contributed by atoms with E-state index in [9.17, 15) is 24.2 Å². The molecule has 1 unspecified atom stereocenters. The van der Waals surface area contributed by atoms with Gasteiger partial charge in [0.2, 0.25) is 0 Å². The van der Waals surface area contributed by atoms with Gasteiger partial charge in [0.15, 0.2) is 5.03 Å². The van der Waals surface area contributed by atoms with Crippen molar-refractivity contribution >= 4 is 55.3 Å². The van der Waals surface area contributed by atoms with Crippen LogP contribution in [0.15, 0.2) is 41.6 Å². The van der Waals surface area contributed by atoms with Gasteiger partial charge in [0.25, 0.3) is 5.91 Å². The van der Waals surface area contributed by atoms with E-state index in [1.807, 2.05) is 10.9 Å². The standard InChI is InChI=1S/C22H24F5IN4O2S/c1-13(28)14-6-8-16(9-7-14)32-12-15-10-19(20(34-2)11-18(15)31-32)30-22(33)17-4-3-5-21(29-17)35(23,24,25,26)27/h3-5,10-14,16H,6-9H2,1-2H3,(H,30,33). The lowest BCUT2D eigenvalue weighted by atomic mass is 9.84. The van der Waals surface area contributed by atoms with Crippen LogP contribution in [0.3, 0.4) is 0 Å². The quantitative estimate of drug-likeness (QED) is 0.171. The molecule has 0 bridgehead atoms. The summed E-state index contributed by atoms with van der Waals surface area (Å²) < 4.78 is 73.4. The van der Waals surface area contributed by atoms with Crippen LogP contribution in [0.5, 0.6) is 5.75 Å². The molecule has 1 aliphatic carbocycles. The highest BCUT2D eigenvalue weighted by Gasteiger charge is 2.67. The van der Waals surface area contributed by atoms with E-state index in [1.165, 1.54) is 7.11 Å². The van der Waals surface area contributed by atoms with Crippen molar-refractivity contribution < 1.29 is 29.0 Å². The number of pyridine rings is 1. The predicted molar refractivity (Wildman–Crippen MR) is 134 cm³/mol. The molecule has 13 heteroatoms. The van der Waals surface area contributed by atoms with Crippen LogP contribution in [0.2, 0.25) is 0 Å². The number of alkyl halides is 1. The zero-order valence-corrected chi connectivity index (χ0v) is 21.8. The highest BCUT2D eigenvalue weighted by Crippen LogP contribution is 3.01. The molecule has 1 fully saturated rings. The molecular weight excluding hydrogens is 606 g/mol. The number of carbonyl (C=O) groups is 1. The molecule has 4 rings (SSSR count). The summed E-state index contributed by atoms with van der Waals surface area (Å²) in [6.07, 6.45) is 6.08. The topological polar surface area (TPSA) is 69.0 Å². The first-order chi connectivity index (χ1) is 16.1. The normalized spacial score (nSPS) is 21.7. The number of rotatable bonds is 6. The minimum absolute atomic E-state index is 0.146. The van der Waals surface area contributed by atoms with Crippen LogP contribution in [0.1, 0.15) is 49.1 Å². The number of amides is 1. The molecule has 1 N–H and O–H groups in total. The number of ether oxygens (including phenoxy) is 1. The van der Waals surface area contributed by atoms with Crippen molar-refractivity contribution in [1.29, 1.82) is 0 Å². The third kappa shape index (κ3) is 5.81. The zero-order chi connectivity index (χ0) is 25.7. The molecule has 0 radical (unpaired) electrons. The van der Waals surface area contributed by atoms with Crippen molar-refractivity contribution in [1.82, 2.24) is 14.8 Å². The molecule has 1 aliphatic rings. The van der Waals surface area contributed by atoms with Crippen molar-refractivity contribution in [3.05, 3.63) is 42.2 Å². The Balaban J connectivity index is 1.59. The second-order valence-corrected chi connectivity index (χ2v) is 13.1. The summed E-state index contributed by atoms with van der Waals surface area (Å²) in [7, 11) is -8.66. The summed E-state index contributed by atoms with van der Waals surface area (Å²) in [6, 6.07) is 5.23. The van der Waals surface area contributed by atoms with Crippen molar-refractivity contribution in [3.63, 3.8) is 0 Å². The number of methoxy groups -OCH3 is 1. The SMILES string of the molecule is COc1cc2nn(C3CCC(C(C)I)CC3)cc2cc1NC(=O)c1cccc(S(F)(F)(F)(F)F)n1. The molecule has 3 aromatic rings. The van der Waals surface area contributed by atoms with Crippen LogP contribution in [0, 0.1) is 5.92 Å². The number of fused-ring (bicyclic) bond motifs is 1. The molecular formula is C22H24F5IN4O2S. The Morgan fingerprint density at radius 1 is 1.17 bits per heavy atom. The second-order valence-electron chi connectivity index (χ2n) is 8.75. The maximum Gasteiger partial charge on any atom is 0.325 e. The van der Waals surface area contributed by atoms with Crippen molar-refractivity contribution in [2.45, 2.75) is 47.6 Å². The predicted octanol–water partition coefficient (Wildman–Crippen LogP) is 7.90. The van der Waals surface area contributed by atoms with E-state index in [0.29, 0.717) is 26.8 Å². The Morgan fingerprint density at radius 3 is 2.46 bits per heavy atom. The first-order valence-corrected chi connectivity index (χ1v) is 14.1. The third-order valence-electron chi connectivity index (χ3n) is 6.21. The van der Waals surface area contributed by atoms with E-state index >= 15 is 0 Å². The molecule has 0 saturated heterocycles. The van der Waals surface area contributed by atoms with E-state index in [1.54, 1.807) is 12.1 Å². The summed E-state index contributed by atoms with van der Waals surface area (Å²) in [5.74, 6) is -0.169. The first-order valence-electron chi connectivity index (χ1n) is 10.9. The fourth-order valence-corrected chi connectivity index (χ4v) is 5.62. The smallest absolute Gasteiger partial charge is 0.325 e. The van der Waals surface area contributed by atoms with Crippen molar-refractivity contribution in [2.75, 3.05) is 12.4 Å². The van der Waals surface area contributed by atoms with Crippen molar-refractivity contribution in [3.8, 4) is 5.75 Å². The summed E-state index contributed by atoms with van der Waals surface area (Å²) in [4.78, 5) is 15.5. The molecule has 0 aliphatic heterocycles. The number of benzene rings is 1. The lowest BCUT2D eigenvalue weighted by Crippen LogP contribution is -2.22. The largest absolute Gasteiger partial charge is 0.494 e. The van der Waals surface area contributed by atoms with Gasteiger partial charge in [0.1, 0.15) is 11.4 Å². The van der Waals surface area contributed by atoms with Crippen LogP contribution in [0.4, 0.5) is 25.1 Å². The number of nitrogens with one attached hydrogen (secondary N) is 1. The number of carbonyl (C=O) groups excluding carboxylic acids is 1. The third-order valence-corrected chi connectivity index (χ3v) is 8.24. The summed E-state index contributed by atoms with van der Waals surface area (Å²) in [5, 5.41) is 5.40. The molecule has 2 heterocycles. The maximum absolute atomic E-state index is 13.1. The minimum atomic E-state index is -10.0. The number of aromatic nitrogens is 3. The lowest BCUT2D eigenvalue weighted by Gasteiger charge is -2.39. The Kier molecular flexibility index (Phi) is 6.26. The maximum atomic E-state index is 13.1. The van der Waals surface area contributed by atoms with Gasteiger partial charge in [-0.05, 0) is 49.8 Å². The van der Waals surface area contributed by atoms with Gasteiger partial charge in [-0.3, -0.25) is 9.48 Å². The average Bonchev–Trinajstić information content (AvgIpc) is 3.20. The van der Waals surface area contributed by atoms with Gasteiger partial charge in [0, 0.05) is 21.6 Å². The summed E-state index contributed by atoms with van der Waals surface area (Å²) in [6.45, 7) is 2.22. The average molecular weight is 630 g/mol. The zero-order valence-electron chi connectivity index (χ0n) is 18.9. The van der Waals surface area contributed by atoms with Crippen LogP contribution in [-0.2, 0) is 0 Å². The highest BCUT2D eigenvalue weighted by molar-refractivity contribution is 14.1.